The Morgan fingerprint density at radius 1 is 0.926 bits per heavy atom. The molecule has 0 aliphatic heterocycles. The molecule has 150 valence electrons. The Labute approximate surface area is 187 Å². The summed E-state index contributed by atoms with van der Waals surface area (Å²) in [6.45, 7) is 5.47. The average molecular weight is 475 g/mol. The molecular formula is C18H21Cl5N2O2. The third kappa shape index (κ3) is 7.40. The van der Waals surface area contributed by atoms with Gasteiger partial charge in [0.05, 0.1) is 16.1 Å². The molecule has 0 atom stereocenters. The van der Waals surface area contributed by atoms with Crippen molar-refractivity contribution in [2.75, 3.05) is 0 Å². The lowest BCUT2D eigenvalue weighted by Gasteiger charge is -2.35. The molecule has 0 saturated heterocycles. The first kappa shape index (κ1) is 28.0. The van der Waals surface area contributed by atoms with Gasteiger partial charge >= 0.3 is 0 Å². The van der Waals surface area contributed by atoms with E-state index in [9.17, 15) is 9.59 Å². The fourth-order valence-electron chi connectivity index (χ4n) is 2.08. The van der Waals surface area contributed by atoms with E-state index in [2.05, 4.69) is 5.43 Å². The number of nitrogens with one attached hydrogen (secondary N) is 1. The van der Waals surface area contributed by atoms with Crippen molar-refractivity contribution in [3.63, 3.8) is 0 Å². The van der Waals surface area contributed by atoms with E-state index in [4.69, 9.17) is 23.2 Å². The molecule has 0 aliphatic rings. The number of nitrogens with zero attached hydrogens (tertiary/aromatic N) is 1. The van der Waals surface area contributed by atoms with Crippen LogP contribution in [0.4, 0.5) is 0 Å². The standard InChI is InChI=1S/C18H18Cl2N2O2.3ClH/c1-18(2,3)22(17(24)12-7-6-8-13(19)11-12)21-16(23)14-9-4-5-10-15(14)20;;;/h4-11H,1-3H3,(H,21,23);3*1H. The average Bonchev–Trinajstić information content (AvgIpc) is 2.51. The number of hydrogen-bond donors (Lipinski definition) is 1. The fraction of sp³-hybridized carbons (Fsp3) is 0.222. The van der Waals surface area contributed by atoms with E-state index >= 15 is 0 Å². The van der Waals surface area contributed by atoms with Crippen LogP contribution in [0.5, 0.6) is 0 Å². The summed E-state index contributed by atoms with van der Waals surface area (Å²) in [6.07, 6.45) is 0. The van der Waals surface area contributed by atoms with Gasteiger partial charge in [-0.2, -0.15) is 0 Å². The van der Waals surface area contributed by atoms with Crippen LogP contribution in [0.1, 0.15) is 41.5 Å². The molecule has 0 aromatic heterocycles. The summed E-state index contributed by atoms with van der Waals surface area (Å²) in [5.74, 6) is -0.809. The lowest BCUT2D eigenvalue weighted by molar-refractivity contribution is 0.0358. The van der Waals surface area contributed by atoms with Crippen molar-refractivity contribution in [2.24, 2.45) is 0 Å². The van der Waals surface area contributed by atoms with Crippen molar-refractivity contribution in [3.8, 4) is 0 Å². The van der Waals surface area contributed by atoms with Crippen LogP contribution in [0.25, 0.3) is 0 Å². The normalized spacial score (nSPS) is 9.81. The highest BCUT2D eigenvalue weighted by Gasteiger charge is 2.30. The van der Waals surface area contributed by atoms with Crippen molar-refractivity contribution in [2.45, 2.75) is 26.3 Å². The fourth-order valence-corrected chi connectivity index (χ4v) is 2.49. The molecule has 0 saturated carbocycles. The van der Waals surface area contributed by atoms with Crippen LogP contribution >= 0.6 is 60.4 Å². The molecule has 2 aromatic rings. The third-order valence-electron chi connectivity index (χ3n) is 3.28. The Kier molecular flexibility index (Phi) is 12.1. The molecule has 2 aromatic carbocycles. The molecule has 0 bridgehead atoms. The van der Waals surface area contributed by atoms with Gasteiger partial charge < -0.3 is 0 Å². The number of benzene rings is 2. The highest BCUT2D eigenvalue weighted by atomic mass is 35.5. The Balaban J connectivity index is 0. The Morgan fingerprint density at radius 2 is 1.52 bits per heavy atom. The largest absolute Gasteiger partial charge is 0.272 e. The van der Waals surface area contributed by atoms with E-state index in [1.807, 2.05) is 20.8 Å². The van der Waals surface area contributed by atoms with Crippen LogP contribution in [-0.2, 0) is 0 Å². The van der Waals surface area contributed by atoms with Gasteiger partial charge in [0.2, 0.25) is 0 Å². The number of carbonyl (C=O) groups is 2. The summed E-state index contributed by atoms with van der Waals surface area (Å²) in [7, 11) is 0. The SMILES string of the molecule is CC(C)(C)N(NC(=O)c1ccccc1Cl)C(=O)c1cccc(Cl)c1.Cl.Cl.Cl. The summed E-state index contributed by atoms with van der Waals surface area (Å²) in [5.41, 5.74) is 2.69. The molecule has 9 heteroatoms. The summed E-state index contributed by atoms with van der Waals surface area (Å²) in [4.78, 5) is 25.3. The van der Waals surface area contributed by atoms with Gasteiger partial charge in [-0.25, -0.2) is 5.01 Å². The minimum absolute atomic E-state index is 0. The first-order valence-electron chi connectivity index (χ1n) is 7.36. The minimum atomic E-state index is -0.643. The summed E-state index contributed by atoms with van der Waals surface area (Å²) in [5, 5.41) is 2.05. The van der Waals surface area contributed by atoms with Gasteiger partial charge in [0.25, 0.3) is 11.8 Å². The van der Waals surface area contributed by atoms with Crippen LogP contribution in [0.3, 0.4) is 0 Å². The Morgan fingerprint density at radius 3 is 2.04 bits per heavy atom. The van der Waals surface area contributed by atoms with Gasteiger partial charge in [0, 0.05) is 10.6 Å². The second kappa shape index (κ2) is 11.6. The monoisotopic (exact) mass is 472 g/mol. The second-order valence-corrected chi connectivity index (χ2v) is 7.09. The molecule has 0 spiro atoms. The lowest BCUT2D eigenvalue weighted by Crippen LogP contribution is -2.55. The number of amides is 2. The van der Waals surface area contributed by atoms with Crippen LogP contribution < -0.4 is 5.43 Å². The summed E-state index contributed by atoms with van der Waals surface area (Å²) in [6, 6.07) is 13.2. The molecule has 0 radical (unpaired) electrons. The molecule has 4 nitrogen and oxygen atoms in total. The van der Waals surface area contributed by atoms with E-state index in [1.54, 1.807) is 48.5 Å². The summed E-state index contributed by atoms with van der Waals surface area (Å²) < 4.78 is 0. The van der Waals surface area contributed by atoms with Gasteiger partial charge in [-0.05, 0) is 51.1 Å². The first-order valence-corrected chi connectivity index (χ1v) is 8.11. The predicted molar refractivity (Wildman–Crippen MR) is 118 cm³/mol. The van der Waals surface area contributed by atoms with E-state index < -0.39 is 11.4 Å². The van der Waals surface area contributed by atoms with Gasteiger partial charge in [0.15, 0.2) is 0 Å². The maximum Gasteiger partial charge on any atom is 0.272 e. The molecule has 0 unspecified atom stereocenters. The van der Waals surface area contributed by atoms with E-state index in [1.165, 1.54) is 5.01 Å². The van der Waals surface area contributed by atoms with Crippen LogP contribution in [0, 0.1) is 0 Å². The maximum absolute atomic E-state index is 12.8. The first-order chi connectivity index (χ1) is 11.2. The number of rotatable bonds is 2. The third-order valence-corrected chi connectivity index (χ3v) is 3.84. The van der Waals surface area contributed by atoms with Crippen LogP contribution in [0.2, 0.25) is 10.0 Å². The molecule has 0 aliphatic carbocycles. The van der Waals surface area contributed by atoms with Crippen LogP contribution in [0.15, 0.2) is 48.5 Å². The molecule has 1 N–H and O–H groups in total. The van der Waals surface area contributed by atoms with Gasteiger partial charge in [-0.15, -0.1) is 37.2 Å². The van der Waals surface area contributed by atoms with Crippen molar-refractivity contribution in [1.29, 1.82) is 0 Å². The topological polar surface area (TPSA) is 49.4 Å². The molecule has 0 heterocycles. The molecular weight excluding hydrogens is 453 g/mol. The highest BCUT2D eigenvalue weighted by Crippen LogP contribution is 2.20. The number of halogens is 5. The van der Waals surface area contributed by atoms with Crippen molar-refractivity contribution < 1.29 is 9.59 Å². The van der Waals surface area contributed by atoms with Crippen molar-refractivity contribution in [3.05, 3.63) is 69.7 Å². The number of hydrogen-bond acceptors (Lipinski definition) is 2. The van der Waals surface area contributed by atoms with Crippen molar-refractivity contribution in [1.82, 2.24) is 10.4 Å². The Hall–Kier alpha value is -1.17. The summed E-state index contributed by atoms with van der Waals surface area (Å²) >= 11 is 12.0. The van der Waals surface area contributed by atoms with Gasteiger partial charge in [-0.3, -0.25) is 15.0 Å². The maximum atomic E-state index is 12.8. The highest BCUT2D eigenvalue weighted by molar-refractivity contribution is 6.33. The predicted octanol–water partition coefficient (Wildman–Crippen LogP) is 5.84. The second-order valence-electron chi connectivity index (χ2n) is 6.24. The van der Waals surface area contributed by atoms with Gasteiger partial charge in [-0.1, -0.05) is 41.4 Å². The quantitative estimate of drug-likeness (QED) is 0.556. The van der Waals surface area contributed by atoms with Crippen molar-refractivity contribution >= 4 is 72.2 Å². The van der Waals surface area contributed by atoms with Crippen LogP contribution in [-0.4, -0.2) is 22.4 Å². The zero-order valence-corrected chi connectivity index (χ0v) is 18.8. The minimum Gasteiger partial charge on any atom is -0.267 e. The molecule has 0 fully saturated rings. The van der Waals surface area contributed by atoms with Gasteiger partial charge in [0.1, 0.15) is 0 Å². The molecule has 27 heavy (non-hydrogen) atoms. The van der Waals surface area contributed by atoms with E-state index in [-0.39, 0.29) is 43.1 Å². The van der Waals surface area contributed by atoms with E-state index in [0.717, 1.165) is 0 Å². The smallest absolute Gasteiger partial charge is 0.267 e. The zero-order chi connectivity index (χ0) is 17.9. The Bertz CT molecular complexity index is 778. The van der Waals surface area contributed by atoms with E-state index in [0.29, 0.717) is 21.2 Å². The number of hydrazine groups is 1. The molecule has 2 rings (SSSR count). The number of carbonyl (C=O) groups excluding carboxylic acids is 2. The molecule has 2 amide bonds. The lowest BCUT2D eigenvalue weighted by atomic mass is 10.1. The zero-order valence-electron chi connectivity index (χ0n) is 14.9.